The van der Waals surface area contributed by atoms with Gasteiger partial charge in [-0.3, -0.25) is 4.72 Å². The highest BCUT2D eigenvalue weighted by Gasteiger charge is 2.40. The summed E-state index contributed by atoms with van der Waals surface area (Å²) in [6.07, 6.45) is -1.79. The fourth-order valence-corrected chi connectivity index (χ4v) is 4.73. The maximum atomic E-state index is 12.8. The van der Waals surface area contributed by atoms with Crippen molar-refractivity contribution in [3.8, 4) is 5.88 Å². The molecule has 0 saturated carbocycles. The van der Waals surface area contributed by atoms with Crippen LogP contribution in [0.3, 0.4) is 0 Å². The number of aromatic nitrogens is 1. The maximum absolute atomic E-state index is 12.8. The van der Waals surface area contributed by atoms with Crippen LogP contribution in [0, 0.1) is 0 Å². The Morgan fingerprint density at radius 3 is 2.60 bits per heavy atom. The van der Waals surface area contributed by atoms with E-state index in [1.54, 1.807) is 31.2 Å². The van der Waals surface area contributed by atoms with Crippen molar-refractivity contribution in [2.24, 2.45) is 0 Å². The van der Waals surface area contributed by atoms with Crippen LogP contribution < -0.4 is 8.91 Å². The van der Waals surface area contributed by atoms with E-state index in [-0.39, 0.29) is 23.6 Å². The van der Waals surface area contributed by atoms with Gasteiger partial charge in [-0.05, 0) is 43.5 Å². The van der Waals surface area contributed by atoms with Crippen molar-refractivity contribution in [1.29, 1.82) is 0 Å². The van der Waals surface area contributed by atoms with Crippen LogP contribution in [0.15, 0.2) is 53.9 Å². The third-order valence-electron chi connectivity index (χ3n) is 5.66. The number of nitrogens with one attached hydrogen (secondary N) is 1. The zero-order valence-corrected chi connectivity index (χ0v) is 20.3. The van der Waals surface area contributed by atoms with Gasteiger partial charge in [-0.2, -0.15) is 17.4 Å². The molecule has 11 heteroatoms. The zero-order chi connectivity index (χ0) is 25.8. The number of carbonyl (C=O) groups excluding carboxylic acids is 1. The van der Waals surface area contributed by atoms with Gasteiger partial charge in [0.1, 0.15) is 11.4 Å². The standard InChI is InChI=1S/C24H27F3N2O5S/c1-4-11-23(3)13-19(30)21(22(31)33-23)18(5-2)15-7-6-8-17(12-15)29-35(32)34-20-10-9-16(14-28-20)24(25,26)27/h6-10,12,14,18,29-30H,4-5,11,13H2,1-3H3/t18-,23?,35?/m0/s1. The van der Waals surface area contributed by atoms with Crippen molar-refractivity contribution in [3.63, 3.8) is 0 Å². The molecule has 0 spiro atoms. The maximum Gasteiger partial charge on any atom is 0.417 e. The molecule has 2 N–H and O–H groups in total. The molecule has 7 nitrogen and oxygen atoms in total. The Bertz CT molecular complexity index is 1120. The Balaban J connectivity index is 1.75. The molecule has 0 fully saturated rings. The SMILES string of the molecule is CCCC1(C)CC(O)=C([C@@H](CC)c2cccc(NS(=O)Oc3ccc(C(F)(F)F)cn3)c2)C(=O)O1. The summed E-state index contributed by atoms with van der Waals surface area (Å²) in [7, 11) is 0. The molecule has 2 aromatic rings. The van der Waals surface area contributed by atoms with Crippen LogP contribution in [0.2, 0.25) is 0 Å². The predicted molar refractivity (Wildman–Crippen MR) is 125 cm³/mol. The van der Waals surface area contributed by atoms with Crippen LogP contribution in [0.5, 0.6) is 5.88 Å². The lowest BCUT2D eigenvalue weighted by atomic mass is 9.83. The zero-order valence-electron chi connectivity index (χ0n) is 19.5. The second-order valence-electron chi connectivity index (χ2n) is 8.52. The van der Waals surface area contributed by atoms with Crippen molar-refractivity contribution < 1.29 is 36.2 Å². The molecule has 2 unspecified atom stereocenters. The minimum absolute atomic E-state index is 0.00250. The van der Waals surface area contributed by atoms with E-state index in [9.17, 15) is 27.3 Å². The van der Waals surface area contributed by atoms with E-state index in [1.807, 2.05) is 13.8 Å². The molecule has 2 heterocycles. The Hall–Kier alpha value is -3.08. The van der Waals surface area contributed by atoms with Crippen molar-refractivity contribution in [2.45, 2.75) is 64.1 Å². The predicted octanol–water partition coefficient (Wildman–Crippen LogP) is 5.98. The van der Waals surface area contributed by atoms with Gasteiger partial charge in [0.25, 0.3) is 0 Å². The molecule has 0 aliphatic carbocycles. The third kappa shape index (κ3) is 6.53. The van der Waals surface area contributed by atoms with Gasteiger partial charge in [0.05, 0.1) is 11.1 Å². The largest absolute Gasteiger partial charge is 0.512 e. The van der Waals surface area contributed by atoms with Crippen LogP contribution in [-0.4, -0.2) is 25.9 Å². The van der Waals surface area contributed by atoms with Gasteiger partial charge in [-0.15, -0.1) is 0 Å². The molecule has 1 aromatic heterocycles. The van der Waals surface area contributed by atoms with Crippen molar-refractivity contribution in [1.82, 2.24) is 4.98 Å². The first kappa shape index (κ1) is 26.5. The third-order valence-corrected chi connectivity index (χ3v) is 6.39. The van der Waals surface area contributed by atoms with Crippen LogP contribution in [-0.2, 0) is 27.0 Å². The molecule has 0 bridgehead atoms. The molecule has 3 atom stereocenters. The number of ether oxygens (including phenoxy) is 1. The van der Waals surface area contributed by atoms with Gasteiger partial charge in [0, 0.05) is 30.3 Å². The molecule has 0 saturated heterocycles. The average Bonchev–Trinajstić information content (AvgIpc) is 2.76. The summed E-state index contributed by atoms with van der Waals surface area (Å²) in [6, 6.07) is 8.48. The molecule has 190 valence electrons. The van der Waals surface area contributed by atoms with Crippen LogP contribution in [0.4, 0.5) is 18.9 Å². The van der Waals surface area contributed by atoms with E-state index in [2.05, 4.69) is 9.71 Å². The summed E-state index contributed by atoms with van der Waals surface area (Å²) >= 11 is -2.15. The number of aliphatic hydroxyl groups is 1. The molecule has 1 aromatic carbocycles. The smallest absolute Gasteiger partial charge is 0.417 e. The molecule has 3 rings (SSSR count). The van der Waals surface area contributed by atoms with Gasteiger partial charge >= 0.3 is 23.4 Å². The monoisotopic (exact) mass is 512 g/mol. The number of hydrogen-bond acceptors (Lipinski definition) is 6. The van der Waals surface area contributed by atoms with E-state index in [4.69, 9.17) is 8.92 Å². The molecular weight excluding hydrogens is 485 g/mol. The fourth-order valence-electron chi connectivity index (χ4n) is 4.11. The summed E-state index contributed by atoms with van der Waals surface area (Å²) in [5.41, 5.74) is -0.437. The van der Waals surface area contributed by atoms with E-state index < -0.39 is 40.5 Å². The van der Waals surface area contributed by atoms with E-state index in [0.29, 0.717) is 30.3 Å². The molecule has 1 aliphatic heterocycles. The Kier molecular flexibility index (Phi) is 8.09. The lowest BCUT2D eigenvalue weighted by Crippen LogP contribution is -2.38. The first-order chi connectivity index (χ1) is 16.5. The fraction of sp³-hybridized carbons (Fsp3) is 0.417. The van der Waals surface area contributed by atoms with E-state index >= 15 is 0 Å². The molecule has 1 aliphatic rings. The summed E-state index contributed by atoms with van der Waals surface area (Å²) in [5.74, 6) is -1.26. The number of cyclic esters (lactones) is 1. The first-order valence-corrected chi connectivity index (χ1v) is 12.2. The van der Waals surface area contributed by atoms with Crippen molar-refractivity contribution in [3.05, 3.63) is 65.1 Å². The number of esters is 1. The summed E-state index contributed by atoms with van der Waals surface area (Å²) in [6.45, 7) is 5.65. The number of halogens is 3. The number of hydrogen-bond donors (Lipinski definition) is 2. The molecule has 0 amide bonds. The number of nitrogens with zero attached hydrogens (tertiary/aromatic N) is 1. The highest BCUT2D eigenvalue weighted by atomic mass is 32.2. The number of anilines is 1. The summed E-state index contributed by atoms with van der Waals surface area (Å²) in [4.78, 5) is 16.3. The van der Waals surface area contributed by atoms with Gasteiger partial charge in [-0.1, -0.05) is 32.4 Å². The quantitative estimate of drug-likeness (QED) is 0.401. The molecule has 0 radical (unpaired) electrons. The summed E-state index contributed by atoms with van der Waals surface area (Å²) in [5, 5.41) is 10.7. The number of pyridine rings is 1. The second kappa shape index (κ2) is 10.7. The lowest BCUT2D eigenvalue weighted by Gasteiger charge is -2.35. The van der Waals surface area contributed by atoms with Crippen LogP contribution in [0.25, 0.3) is 0 Å². The minimum Gasteiger partial charge on any atom is -0.512 e. The van der Waals surface area contributed by atoms with Crippen molar-refractivity contribution >= 4 is 22.9 Å². The minimum atomic E-state index is -4.54. The number of benzene rings is 1. The first-order valence-electron chi connectivity index (χ1n) is 11.1. The normalized spacial score (nSPS) is 20.2. The molecular formula is C24H27F3N2O5S. The average molecular weight is 513 g/mol. The van der Waals surface area contributed by atoms with Crippen LogP contribution in [0.1, 0.15) is 63.5 Å². The highest BCUT2D eigenvalue weighted by Crippen LogP contribution is 2.40. The number of aliphatic hydroxyl groups excluding tert-OH is 1. The van der Waals surface area contributed by atoms with Gasteiger partial charge < -0.3 is 14.0 Å². The second-order valence-corrected chi connectivity index (χ2v) is 9.36. The van der Waals surface area contributed by atoms with E-state index in [1.165, 1.54) is 0 Å². The highest BCUT2D eigenvalue weighted by molar-refractivity contribution is 7.81. The lowest BCUT2D eigenvalue weighted by molar-refractivity contribution is -0.158. The summed E-state index contributed by atoms with van der Waals surface area (Å²) < 4.78 is 63.7. The number of carbonyl (C=O) groups is 1. The Morgan fingerprint density at radius 2 is 2.03 bits per heavy atom. The Labute approximate surface area is 204 Å². The van der Waals surface area contributed by atoms with Crippen molar-refractivity contribution in [2.75, 3.05) is 4.72 Å². The molecule has 35 heavy (non-hydrogen) atoms. The van der Waals surface area contributed by atoms with E-state index in [0.717, 1.165) is 18.6 Å². The topological polar surface area (TPSA) is 97.8 Å². The van der Waals surface area contributed by atoms with Gasteiger partial charge in [0.2, 0.25) is 5.88 Å². The number of alkyl halides is 3. The van der Waals surface area contributed by atoms with Gasteiger partial charge in [-0.25, -0.2) is 9.78 Å². The Morgan fingerprint density at radius 1 is 1.29 bits per heavy atom. The number of rotatable bonds is 9. The van der Waals surface area contributed by atoms with Crippen LogP contribution >= 0.6 is 0 Å². The van der Waals surface area contributed by atoms with Gasteiger partial charge in [0.15, 0.2) is 0 Å².